The lowest BCUT2D eigenvalue weighted by Crippen LogP contribution is -2.33. The van der Waals surface area contributed by atoms with Crippen molar-refractivity contribution in [3.8, 4) is 0 Å². The minimum absolute atomic E-state index is 0.310. The summed E-state index contributed by atoms with van der Waals surface area (Å²) in [5.74, 6) is -1.20. The van der Waals surface area contributed by atoms with Gasteiger partial charge in [-0.2, -0.15) is 0 Å². The van der Waals surface area contributed by atoms with E-state index in [4.69, 9.17) is 20.3 Å². The van der Waals surface area contributed by atoms with Gasteiger partial charge in [0.25, 0.3) is 5.91 Å². The summed E-state index contributed by atoms with van der Waals surface area (Å²) in [4.78, 5) is 31.6. The van der Waals surface area contributed by atoms with Gasteiger partial charge < -0.3 is 30.5 Å². The number of carbonyl (C=O) groups is 1. The zero-order valence-electron chi connectivity index (χ0n) is 10.4. The summed E-state index contributed by atoms with van der Waals surface area (Å²) >= 11 is 0. The number of aliphatic hydroxyl groups excluding tert-OH is 2. The summed E-state index contributed by atoms with van der Waals surface area (Å²) < 4.78 is 21.0. The van der Waals surface area contributed by atoms with E-state index in [0.717, 1.165) is 11.0 Å². The molecule has 1 fully saturated rings. The number of hydrogen-bond acceptors (Lipinski definition) is 8. The van der Waals surface area contributed by atoms with Gasteiger partial charge in [0.05, 0.1) is 6.61 Å². The van der Waals surface area contributed by atoms with Crippen LogP contribution in [-0.2, 0) is 13.8 Å². The maximum Gasteiger partial charge on any atom is 0.469 e. The Morgan fingerprint density at radius 3 is 2.67 bits per heavy atom. The minimum Gasteiger partial charge on any atom is -0.387 e. The van der Waals surface area contributed by atoms with Crippen molar-refractivity contribution in [2.24, 2.45) is 5.73 Å². The molecule has 1 aromatic heterocycles. The van der Waals surface area contributed by atoms with Crippen molar-refractivity contribution < 1.29 is 38.6 Å². The van der Waals surface area contributed by atoms with Gasteiger partial charge in [0.15, 0.2) is 6.23 Å². The number of nitrogens with two attached hydrogens (primary N) is 1. The van der Waals surface area contributed by atoms with Gasteiger partial charge in [0.2, 0.25) is 5.82 Å². The monoisotopic (exact) mass is 324 g/mol. The molecule has 6 N–H and O–H groups in total. The zero-order chi connectivity index (χ0) is 15.8. The van der Waals surface area contributed by atoms with Crippen molar-refractivity contribution in [1.82, 2.24) is 14.8 Å². The molecule has 0 aliphatic carbocycles. The van der Waals surface area contributed by atoms with Crippen molar-refractivity contribution in [2.45, 2.75) is 24.5 Å². The fraction of sp³-hybridized carbons (Fsp3) is 0.625. The van der Waals surface area contributed by atoms with E-state index in [0.29, 0.717) is 0 Å². The third kappa shape index (κ3) is 3.63. The molecule has 1 aliphatic heterocycles. The van der Waals surface area contributed by atoms with E-state index in [9.17, 15) is 19.6 Å². The highest BCUT2D eigenvalue weighted by Gasteiger charge is 2.45. The van der Waals surface area contributed by atoms with Gasteiger partial charge >= 0.3 is 7.82 Å². The molecular formula is C8H13N4O8P. The van der Waals surface area contributed by atoms with Crippen LogP contribution in [0.1, 0.15) is 16.8 Å². The lowest BCUT2D eigenvalue weighted by molar-refractivity contribution is -0.0581. The maximum absolute atomic E-state index is 10.9. The number of carbonyl (C=O) groups excluding carboxylic acids is 1. The van der Waals surface area contributed by atoms with Crippen LogP contribution in [0.25, 0.3) is 0 Å². The van der Waals surface area contributed by atoms with Crippen molar-refractivity contribution in [3.63, 3.8) is 0 Å². The van der Waals surface area contributed by atoms with E-state index in [1.807, 2.05) is 0 Å². The number of ether oxygens (including phenoxy) is 1. The molecule has 2 rings (SSSR count). The standard InChI is InChI=1S/C8H13N4O8P/c9-6(15)7-10-2-12(11-7)8-5(14)4(13)3(20-8)1-19-21(16,17)18/h2-5,8,13-14H,1H2,(H2,9,15)(H2,16,17,18)/t3-,4+,5+,8+/m0/s1. The van der Waals surface area contributed by atoms with Gasteiger partial charge in [-0.3, -0.25) is 9.32 Å². The number of primary amides is 1. The molecule has 0 radical (unpaired) electrons. The van der Waals surface area contributed by atoms with Crippen LogP contribution in [0.5, 0.6) is 0 Å². The molecule has 21 heavy (non-hydrogen) atoms. The van der Waals surface area contributed by atoms with Gasteiger partial charge in [-0.25, -0.2) is 14.2 Å². The van der Waals surface area contributed by atoms with Crippen molar-refractivity contribution in [2.75, 3.05) is 6.61 Å². The van der Waals surface area contributed by atoms with E-state index in [1.54, 1.807) is 0 Å². The Kier molecular flexibility index (Phi) is 4.39. The molecule has 12 nitrogen and oxygen atoms in total. The second kappa shape index (κ2) is 5.77. The predicted octanol–water partition coefficient (Wildman–Crippen LogP) is -2.89. The summed E-state index contributed by atoms with van der Waals surface area (Å²) in [6.45, 7) is -0.642. The molecule has 13 heteroatoms. The lowest BCUT2D eigenvalue weighted by atomic mass is 10.1. The molecule has 1 aromatic rings. The van der Waals surface area contributed by atoms with Crippen LogP contribution < -0.4 is 5.73 Å². The highest BCUT2D eigenvalue weighted by molar-refractivity contribution is 7.46. The number of aliphatic hydroxyl groups is 2. The molecule has 0 aromatic carbocycles. The Morgan fingerprint density at radius 1 is 1.48 bits per heavy atom. The third-order valence-electron chi connectivity index (χ3n) is 2.73. The fourth-order valence-electron chi connectivity index (χ4n) is 1.77. The van der Waals surface area contributed by atoms with Crippen molar-refractivity contribution in [3.05, 3.63) is 12.2 Å². The molecule has 4 atom stereocenters. The Labute approximate surface area is 117 Å². The van der Waals surface area contributed by atoms with Crippen LogP contribution in [0.3, 0.4) is 0 Å². The SMILES string of the molecule is NC(=O)c1ncn([C@@H]2O[C@@H](COP(=O)(O)O)[C@@H](O)[C@H]2O)n1. The first-order valence-corrected chi connectivity index (χ1v) is 7.14. The van der Waals surface area contributed by atoms with Gasteiger partial charge in [-0.1, -0.05) is 0 Å². The normalized spacial score (nSPS) is 29.7. The molecule has 2 heterocycles. The molecule has 118 valence electrons. The Morgan fingerprint density at radius 2 is 2.14 bits per heavy atom. The number of phosphoric ester groups is 1. The van der Waals surface area contributed by atoms with Crippen LogP contribution in [-0.4, -0.2) is 65.6 Å². The van der Waals surface area contributed by atoms with E-state index < -0.39 is 44.9 Å². The largest absolute Gasteiger partial charge is 0.469 e. The highest BCUT2D eigenvalue weighted by atomic mass is 31.2. The average Bonchev–Trinajstić information content (AvgIpc) is 2.94. The second-order valence-corrected chi connectivity index (χ2v) is 5.48. The van der Waals surface area contributed by atoms with Crippen molar-refractivity contribution >= 4 is 13.7 Å². The quantitative estimate of drug-likeness (QED) is 0.351. The van der Waals surface area contributed by atoms with E-state index >= 15 is 0 Å². The van der Waals surface area contributed by atoms with Crippen molar-refractivity contribution in [1.29, 1.82) is 0 Å². The van der Waals surface area contributed by atoms with Crippen LogP contribution in [0.2, 0.25) is 0 Å². The first-order chi connectivity index (χ1) is 9.69. The van der Waals surface area contributed by atoms with E-state index in [-0.39, 0.29) is 5.82 Å². The molecule has 1 aliphatic rings. The zero-order valence-corrected chi connectivity index (χ0v) is 11.3. The molecule has 0 unspecified atom stereocenters. The topological polar surface area (TPSA) is 190 Å². The molecule has 0 bridgehead atoms. The fourth-order valence-corrected chi connectivity index (χ4v) is 2.11. The van der Waals surface area contributed by atoms with Crippen LogP contribution in [0, 0.1) is 0 Å². The number of aromatic nitrogens is 3. The molecule has 0 spiro atoms. The van der Waals surface area contributed by atoms with E-state index in [1.165, 1.54) is 0 Å². The maximum atomic E-state index is 10.9. The van der Waals surface area contributed by atoms with Gasteiger partial charge in [0, 0.05) is 0 Å². The van der Waals surface area contributed by atoms with E-state index in [2.05, 4.69) is 14.6 Å². The molecular weight excluding hydrogens is 311 g/mol. The third-order valence-corrected chi connectivity index (χ3v) is 3.22. The lowest BCUT2D eigenvalue weighted by Gasteiger charge is -2.14. The summed E-state index contributed by atoms with van der Waals surface area (Å²) in [7, 11) is -4.73. The van der Waals surface area contributed by atoms with Gasteiger partial charge in [0.1, 0.15) is 24.6 Å². The number of hydrogen-bond donors (Lipinski definition) is 5. The predicted molar refractivity (Wildman–Crippen MR) is 62.5 cm³/mol. The number of phosphoric acid groups is 1. The van der Waals surface area contributed by atoms with Gasteiger partial charge in [-0.05, 0) is 0 Å². The second-order valence-electron chi connectivity index (χ2n) is 4.25. The summed E-state index contributed by atoms with van der Waals surface area (Å²) in [6.07, 6.45) is -4.27. The van der Waals surface area contributed by atoms with Crippen LogP contribution in [0.4, 0.5) is 0 Å². The number of rotatable bonds is 5. The number of nitrogens with zero attached hydrogens (tertiary/aromatic N) is 3. The molecule has 1 saturated heterocycles. The summed E-state index contributed by atoms with van der Waals surface area (Å²) in [5.41, 5.74) is 4.97. The summed E-state index contributed by atoms with van der Waals surface area (Å²) in [5, 5.41) is 23.2. The Bertz CT molecular complexity index is 572. The average molecular weight is 324 g/mol. The molecule has 1 amide bonds. The highest BCUT2D eigenvalue weighted by Crippen LogP contribution is 2.38. The first-order valence-electron chi connectivity index (χ1n) is 5.61. The van der Waals surface area contributed by atoms with Crippen LogP contribution in [0.15, 0.2) is 6.33 Å². The Balaban J connectivity index is 2.08. The first kappa shape index (κ1) is 16.0. The molecule has 0 saturated carbocycles. The summed E-state index contributed by atoms with van der Waals surface area (Å²) in [6, 6.07) is 0. The number of amides is 1. The Hall–Kier alpha value is -1.40. The smallest absolute Gasteiger partial charge is 0.387 e. The van der Waals surface area contributed by atoms with Crippen LogP contribution >= 0.6 is 7.82 Å². The minimum atomic E-state index is -4.73. The van der Waals surface area contributed by atoms with Gasteiger partial charge in [-0.15, -0.1) is 5.10 Å².